The summed E-state index contributed by atoms with van der Waals surface area (Å²) in [6.45, 7) is 0. The number of hydrogen-bond donors (Lipinski definition) is 0. The van der Waals surface area contributed by atoms with Crippen molar-refractivity contribution in [2.45, 2.75) is 23.9 Å². The number of hydrogen-bond acceptors (Lipinski definition) is 1. The van der Waals surface area contributed by atoms with E-state index in [1.165, 1.54) is 0 Å². The summed E-state index contributed by atoms with van der Waals surface area (Å²) in [5.41, 5.74) is -1.89. The summed E-state index contributed by atoms with van der Waals surface area (Å²) in [5.74, 6) is -19.4. The summed E-state index contributed by atoms with van der Waals surface area (Å²) in [4.78, 5) is 0. The van der Waals surface area contributed by atoms with Gasteiger partial charge in [-0.25, -0.2) is 0 Å². The zero-order valence-corrected chi connectivity index (χ0v) is 8.95. The Morgan fingerprint density at radius 1 is 0.895 bits per heavy atom. The highest BCUT2D eigenvalue weighted by atomic mass is 19.4. The summed E-state index contributed by atoms with van der Waals surface area (Å²) < 4.78 is 113. The molecule has 0 N–H and O–H groups in total. The van der Waals surface area contributed by atoms with Gasteiger partial charge in [0.05, 0.1) is 0 Å². The van der Waals surface area contributed by atoms with Crippen LogP contribution in [0.3, 0.4) is 0 Å². The highest BCUT2D eigenvalue weighted by molar-refractivity contribution is 5.15. The second-order valence-corrected chi connectivity index (χ2v) is 3.60. The molecule has 0 amide bonds. The molecule has 0 unspecified atom stereocenters. The monoisotopic (exact) mass is 300 g/mol. The molecule has 1 heterocycles. The van der Waals surface area contributed by atoms with Crippen molar-refractivity contribution in [3.05, 3.63) is 18.0 Å². The van der Waals surface area contributed by atoms with E-state index in [9.17, 15) is 39.5 Å². The number of aromatic nitrogens is 2. The van der Waals surface area contributed by atoms with Crippen LogP contribution in [0, 0.1) is 0 Å². The molecule has 110 valence electrons. The summed E-state index contributed by atoms with van der Waals surface area (Å²) in [5, 5.41) is 2.73. The molecule has 0 saturated carbocycles. The molecule has 0 fully saturated rings. The van der Waals surface area contributed by atoms with Crippen LogP contribution in [0.5, 0.6) is 0 Å². The first-order valence-corrected chi connectivity index (χ1v) is 4.45. The SMILES string of the molecule is Cn1ccc(C(F)(F)C(F)(F)C(F)(F)C(F)(F)F)n1. The lowest BCUT2D eigenvalue weighted by molar-refractivity contribution is -0.400. The maximum atomic E-state index is 13.2. The molecule has 0 aromatic carbocycles. The van der Waals surface area contributed by atoms with Crippen molar-refractivity contribution in [1.29, 1.82) is 0 Å². The first-order valence-electron chi connectivity index (χ1n) is 4.45. The van der Waals surface area contributed by atoms with E-state index < -0.39 is 29.6 Å². The van der Waals surface area contributed by atoms with Crippen molar-refractivity contribution >= 4 is 0 Å². The largest absolute Gasteiger partial charge is 0.460 e. The highest BCUT2D eigenvalue weighted by Gasteiger charge is 2.82. The van der Waals surface area contributed by atoms with Crippen molar-refractivity contribution in [2.24, 2.45) is 7.05 Å². The lowest BCUT2D eigenvalue weighted by Gasteiger charge is -2.32. The normalized spacial score (nSPS) is 14.8. The zero-order chi connectivity index (χ0) is 15.3. The smallest absolute Gasteiger partial charge is 0.275 e. The van der Waals surface area contributed by atoms with Crippen LogP contribution in [-0.2, 0) is 13.0 Å². The second-order valence-electron chi connectivity index (χ2n) is 3.60. The maximum Gasteiger partial charge on any atom is 0.460 e. The summed E-state index contributed by atoms with van der Waals surface area (Å²) in [7, 11) is 1.000. The summed E-state index contributed by atoms with van der Waals surface area (Å²) >= 11 is 0. The average Bonchev–Trinajstić information content (AvgIpc) is 2.63. The van der Waals surface area contributed by atoms with Gasteiger partial charge in [0.15, 0.2) is 0 Å². The third-order valence-corrected chi connectivity index (χ3v) is 2.18. The first-order chi connectivity index (χ1) is 8.25. The number of rotatable bonds is 3. The van der Waals surface area contributed by atoms with Crippen LogP contribution < -0.4 is 0 Å². The lowest BCUT2D eigenvalue weighted by Crippen LogP contribution is -2.59. The van der Waals surface area contributed by atoms with Gasteiger partial charge in [-0.2, -0.15) is 44.6 Å². The van der Waals surface area contributed by atoms with E-state index in [0.29, 0.717) is 10.9 Å². The van der Waals surface area contributed by atoms with Gasteiger partial charge in [-0.3, -0.25) is 4.68 Å². The van der Waals surface area contributed by atoms with Crippen LogP contribution in [0.15, 0.2) is 12.3 Å². The van der Waals surface area contributed by atoms with E-state index >= 15 is 0 Å². The number of nitrogens with zero attached hydrogens (tertiary/aromatic N) is 2. The highest BCUT2D eigenvalue weighted by Crippen LogP contribution is 2.56. The minimum Gasteiger partial charge on any atom is -0.275 e. The molecule has 0 aliphatic heterocycles. The van der Waals surface area contributed by atoms with Crippen molar-refractivity contribution in [1.82, 2.24) is 9.78 Å². The maximum absolute atomic E-state index is 13.2. The molecule has 19 heavy (non-hydrogen) atoms. The third kappa shape index (κ3) is 2.14. The van der Waals surface area contributed by atoms with Crippen LogP contribution >= 0.6 is 0 Å². The first kappa shape index (κ1) is 15.6. The van der Waals surface area contributed by atoms with Gasteiger partial charge in [0.25, 0.3) is 0 Å². The Bertz CT molecular complexity index is 459. The zero-order valence-electron chi connectivity index (χ0n) is 8.95. The van der Waals surface area contributed by atoms with Crippen molar-refractivity contribution in [3.63, 3.8) is 0 Å². The molecule has 0 aliphatic carbocycles. The van der Waals surface area contributed by atoms with Gasteiger partial charge in [-0.15, -0.1) is 0 Å². The molecular formula is C8H5F9N2. The lowest BCUT2D eigenvalue weighted by atomic mass is 10.0. The minimum absolute atomic E-state index is 0.223. The molecule has 1 rings (SSSR count). The molecule has 0 atom stereocenters. The number of aryl methyl sites for hydroxylation is 1. The molecule has 0 aliphatic rings. The molecule has 0 saturated heterocycles. The topological polar surface area (TPSA) is 17.8 Å². The van der Waals surface area contributed by atoms with Crippen molar-refractivity contribution in [3.8, 4) is 0 Å². The molecule has 0 radical (unpaired) electrons. The Kier molecular flexibility index (Phi) is 3.32. The minimum atomic E-state index is -6.90. The van der Waals surface area contributed by atoms with Crippen molar-refractivity contribution in [2.75, 3.05) is 0 Å². The molecule has 1 aromatic heterocycles. The number of halogens is 9. The molecule has 0 bridgehead atoms. The van der Waals surface area contributed by atoms with E-state index in [-0.39, 0.29) is 6.07 Å². The molecule has 0 spiro atoms. The van der Waals surface area contributed by atoms with Gasteiger partial charge in [-0.05, 0) is 6.07 Å². The molecule has 2 nitrogen and oxygen atoms in total. The average molecular weight is 300 g/mol. The Balaban J connectivity index is 3.33. The van der Waals surface area contributed by atoms with Gasteiger partial charge in [0.2, 0.25) is 0 Å². The van der Waals surface area contributed by atoms with Gasteiger partial charge < -0.3 is 0 Å². The van der Waals surface area contributed by atoms with E-state index in [0.717, 1.165) is 7.05 Å². The fourth-order valence-electron chi connectivity index (χ4n) is 1.12. The predicted octanol–water partition coefficient (Wildman–Crippen LogP) is 3.34. The van der Waals surface area contributed by atoms with Gasteiger partial charge in [0.1, 0.15) is 5.69 Å². The Morgan fingerprint density at radius 3 is 1.68 bits per heavy atom. The van der Waals surface area contributed by atoms with E-state index in [4.69, 9.17) is 0 Å². The number of alkyl halides is 9. The van der Waals surface area contributed by atoms with Gasteiger partial charge in [-0.1, -0.05) is 0 Å². The summed E-state index contributed by atoms with van der Waals surface area (Å²) in [6, 6.07) is 0.223. The second kappa shape index (κ2) is 4.04. The fourth-order valence-corrected chi connectivity index (χ4v) is 1.12. The third-order valence-electron chi connectivity index (χ3n) is 2.18. The standard InChI is InChI=1S/C8H5F9N2/c1-19-3-2-4(18-19)5(9,10)6(11,12)7(13,14)8(15,16)17/h2-3H,1H3. The van der Waals surface area contributed by atoms with Gasteiger partial charge in [0, 0.05) is 13.2 Å². The molecule has 1 aromatic rings. The fraction of sp³-hybridized carbons (Fsp3) is 0.625. The van der Waals surface area contributed by atoms with Gasteiger partial charge >= 0.3 is 23.9 Å². The van der Waals surface area contributed by atoms with E-state index in [1.54, 1.807) is 0 Å². The van der Waals surface area contributed by atoms with E-state index in [2.05, 4.69) is 5.10 Å². The Morgan fingerprint density at radius 2 is 1.37 bits per heavy atom. The van der Waals surface area contributed by atoms with Crippen molar-refractivity contribution < 1.29 is 39.5 Å². The van der Waals surface area contributed by atoms with Crippen LogP contribution in [0.1, 0.15) is 5.69 Å². The quantitative estimate of drug-likeness (QED) is 0.783. The van der Waals surface area contributed by atoms with Crippen LogP contribution in [0.2, 0.25) is 0 Å². The molecular weight excluding hydrogens is 295 g/mol. The Hall–Kier alpha value is -1.42. The van der Waals surface area contributed by atoms with Crippen LogP contribution in [0.25, 0.3) is 0 Å². The predicted molar refractivity (Wildman–Crippen MR) is 43.1 cm³/mol. The van der Waals surface area contributed by atoms with Crippen LogP contribution in [-0.4, -0.2) is 27.8 Å². The summed E-state index contributed by atoms with van der Waals surface area (Å²) in [6.07, 6.45) is -6.13. The van der Waals surface area contributed by atoms with Crippen LogP contribution in [0.4, 0.5) is 39.5 Å². The molecule has 11 heteroatoms. The Labute approximate surface area is 99.4 Å². The van der Waals surface area contributed by atoms with E-state index in [1.807, 2.05) is 0 Å².